The number of hydrogen-bond donors (Lipinski definition) is 0. The molecule has 0 radical (unpaired) electrons. The van der Waals surface area contributed by atoms with E-state index in [0.717, 1.165) is 11.8 Å². The molecule has 0 bridgehead atoms. The summed E-state index contributed by atoms with van der Waals surface area (Å²) >= 11 is 0. The minimum Gasteiger partial charge on any atom is -0.0773 e. The zero-order chi connectivity index (χ0) is 7.14. The highest BCUT2D eigenvalue weighted by atomic mass is 14.3. The first-order valence-corrected chi connectivity index (χ1v) is 4.20. The zero-order valence-corrected chi connectivity index (χ0v) is 6.72. The van der Waals surface area contributed by atoms with Gasteiger partial charge in [-0.15, -0.1) is 0 Å². The first-order chi connectivity index (χ1) is 4.79. The van der Waals surface area contributed by atoms with E-state index in [2.05, 4.69) is 26.0 Å². The van der Waals surface area contributed by atoms with Crippen LogP contribution >= 0.6 is 0 Å². The molecule has 0 fully saturated rings. The average Bonchev–Trinajstić information content (AvgIpc) is 2.41. The minimum absolute atomic E-state index is 0.750. The lowest BCUT2D eigenvalue weighted by Gasteiger charge is -2.01. The molecule has 2 aliphatic rings. The van der Waals surface area contributed by atoms with E-state index >= 15 is 0 Å². The van der Waals surface area contributed by atoms with E-state index in [1.807, 2.05) is 0 Å². The Morgan fingerprint density at radius 3 is 2.90 bits per heavy atom. The average molecular weight is 134 g/mol. The van der Waals surface area contributed by atoms with Crippen LogP contribution in [0.2, 0.25) is 0 Å². The Hall–Kier alpha value is -0.520. The monoisotopic (exact) mass is 134 g/mol. The van der Waals surface area contributed by atoms with Crippen molar-refractivity contribution < 1.29 is 0 Å². The molecule has 2 atom stereocenters. The number of rotatable bonds is 0. The van der Waals surface area contributed by atoms with Crippen molar-refractivity contribution in [2.75, 3.05) is 0 Å². The van der Waals surface area contributed by atoms with Gasteiger partial charge in [-0.3, -0.25) is 0 Å². The fraction of sp³-hybridized carbons (Fsp3) is 0.600. The van der Waals surface area contributed by atoms with E-state index in [-0.39, 0.29) is 0 Å². The van der Waals surface area contributed by atoms with Crippen LogP contribution in [-0.4, -0.2) is 0 Å². The van der Waals surface area contributed by atoms with E-state index in [4.69, 9.17) is 0 Å². The summed E-state index contributed by atoms with van der Waals surface area (Å²) in [6.45, 7) is 4.64. The van der Waals surface area contributed by atoms with Crippen molar-refractivity contribution in [2.45, 2.75) is 26.7 Å². The molecule has 0 spiro atoms. The van der Waals surface area contributed by atoms with Gasteiger partial charge in [0.15, 0.2) is 0 Å². The first kappa shape index (κ1) is 6.21. The summed E-state index contributed by atoms with van der Waals surface area (Å²) in [7, 11) is 0. The second-order valence-corrected chi connectivity index (χ2v) is 3.57. The Morgan fingerprint density at radius 2 is 2.20 bits per heavy atom. The van der Waals surface area contributed by atoms with Crippen LogP contribution in [0.3, 0.4) is 0 Å². The van der Waals surface area contributed by atoms with Crippen LogP contribution in [0, 0.1) is 11.8 Å². The highest BCUT2D eigenvalue weighted by Crippen LogP contribution is 2.40. The maximum absolute atomic E-state index is 2.34. The van der Waals surface area contributed by atoms with Crippen LogP contribution in [0.5, 0.6) is 0 Å². The molecule has 0 heteroatoms. The second kappa shape index (κ2) is 1.98. The predicted octanol–water partition coefficient (Wildman–Crippen LogP) is 2.92. The smallest absolute Gasteiger partial charge is 0.00425 e. The molecular weight excluding hydrogens is 120 g/mol. The summed E-state index contributed by atoms with van der Waals surface area (Å²) < 4.78 is 0. The SMILES string of the molecule is CC1C=CC2=C1CCC2C. The Morgan fingerprint density at radius 1 is 1.40 bits per heavy atom. The molecular formula is C10H14. The zero-order valence-electron chi connectivity index (χ0n) is 6.72. The quantitative estimate of drug-likeness (QED) is 0.478. The summed E-state index contributed by atoms with van der Waals surface area (Å²) in [5, 5.41) is 0. The second-order valence-electron chi connectivity index (χ2n) is 3.57. The normalized spacial score (nSPS) is 37.4. The fourth-order valence-corrected chi connectivity index (χ4v) is 2.11. The molecule has 54 valence electrons. The maximum atomic E-state index is 2.34. The van der Waals surface area contributed by atoms with Gasteiger partial charge in [0.2, 0.25) is 0 Å². The molecule has 0 nitrogen and oxygen atoms in total. The van der Waals surface area contributed by atoms with E-state index in [1.54, 1.807) is 11.1 Å². The molecule has 0 N–H and O–H groups in total. The molecule has 0 saturated carbocycles. The lowest BCUT2D eigenvalue weighted by molar-refractivity contribution is 0.667. The summed E-state index contributed by atoms with van der Waals surface area (Å²) in [5.41, 5.74) is 3.36. The fourth-order valence-electron chi connectivity index (χ4n) is 2.11. The van der Waals surface area contributed by atoms with Crippen molar-refractivity contribution >= 4 is 0 Å². The Balaban J connectivity index is 2.34. The first-order valence-electron chi connectivity index (χ1n) is 4.20. The third kappa shape index (κ3) is 0.681. The van der Waals surface area contributed by atoms with Crippen molar-refractivity contribution in [1.82, 2.24) is 0 Å². The van der Waals surface area contributed by atoms with Gasteiger partial charge in [0, 0.05) is 0 Å². The van der Waals surface area contributed by atoms with Gasteiger partial charge in [-0.1, -0.05) is 31.6 Å². The van der Waals surface area contributed by atoms with Gasteiger partial charge in [-0.25, -0.2) is 0 Å². The third-order valence-corrected chi connectivity index (χ3v) is 2.86. The lowest BCUT2D eigenvalue weighted by Crippen LogP contribution is -1.87. The van der Waals surface area contributed by atoms with Gasteiger partial charge in [0.1, 0.15) is 0 Å². The largest absolute Gasteiger partial charge is 0.0773 e. The highest BCUT2D eigenvalue weighted by Gasteiger charge is 2.25. The standard InChI is InChI=1S/C10H14/c1-7-3-5-10-8(2)4-6-9(7)10/h3,5,7-8H,4,6H2,1-2H3. The van der Waals surface area contributed by atoms with E-state index in [0.29, 0.717) is 0 Å². The van der Waals surface area contributed by atoms with Crippen molar-refractivity contribution in [3.05, 3.63) is 23.3 Å². The molecule has 2 rings (SSSR count). The highest BCUT2D eigenvalue weighted by molar-refractivity contribution is 5.40. The van der Waals surface area contributed by atoms with Crippen molar-refractivity contribution in [1.29, 1.82) is 0 Å². The Bertz CT molecular complexity index is 208. The summed E-state index contributed by atoms with van der Waals surface area (Å²) in [5.74, 6) is 1.59. The molecule has 0 heterocycles. The molecule has 10 heavy (non-hydrogen) atoms. The molecule has 0 aromatic carbocycles. The van der Waals surface area contributed by atoms with Crippen molar-refractivity contribution in [3.63, 3.8) is 0 Å². The molecule has 0 amide bonds. The van der Waals surface area contributed by atoms with E-state index in [1.165, 1.54) is 12.8 Å². The van der Waals surface area contributed by atoms with Crippen LogP contribution in [0.25, 0.3) is 0 Å². The summed E-state index contributed by atoms with van der Waals surface area (Å²) in [4.78, 5) is 0. The molecule has 2 aliphatic carbocycles. The Kier molecular flexibility index (Phi) is 1.23. The van der Waals surface area contributed by atoms with Crippen LogP contribution in [0.15, 0.2) is 23.3 Å². The van der Waals surface area contributed by atoms with Crippen LogP contribution in [0.4, 0.5) is 0 Å². The van der Waals surface area contributed by atoms with Crippen LogP contribution in [-0.2, 0) is 0 Å². The summed E-state index contributed by atoms with van der Waals surface area (Å²) in [6, 6.07) is 0. The van der Waals surface area contributed by atoms with E-state index in [9.17, 15) is 0 Å². The molecule has 0 aromatic heterocycles. The van der Waals surface area contributed by atoms with Crippen molar-refractivity contribution in [3.8, 4) is 0 Å². The molecule has 0 saturated heterocycles. The maximum Gasteiger partial charge on any atom is -0.00425 e. The molecule has 0 aliphatic heterocycles. The van der Waals surface area contributed by atoms with Gasteiger partial charge in [0.25, 0.3) is 0 Å². The summed E-state index contributed by atoms with van der Waals surface area (Å²) in [6.07, 6.45) is 7.40. The van der Waals surface area contributed by atoms with Crippen molar-refractivity contribution in [2.24, 2.45) is 11.8 Å². The van der Waals surface area contributed by atoms with Gasteiger partial charge in [-0.05, 0) is 30.3 Å². The van der Waals surface area contributed by atoms with Crippen LogP contribution < -0.4 is 0 Å². The van der Waals surface area contributed by atoms with Gasteiger partial charge in [-0.2, -0.15) is 0 Å². The lowest BCUT2D eigenvalue weighted by atomic mass is 10.0. The van der Waals surface area contributed by atoms with Crippen LogP contribution in [0.1, 0.15) is 26.7 Å². The predicted molar refractivity (Wildman–Crippen MR) is 43.7 cm³/mol. The number of allylic oxidation sites excluding steroid dienone is 4. The van der Waals surface area contributed by atoms with E-state index < -0.39 is 0 Å². The van der Waals surface area contributed by atoms with Gasteiger partial charge in [0.05, 0.1) is 0 Å². The van der Waals surface area contributed by atoms with Gasteiger partial charge < -0.3 is 0 Å². The minimum atomic E-state index is 0.750. The third-order valence-electron chi connectivity index (χ3n) is 2.86. The Labute approximate surface area is 62.6 Å². The molecule has 2 unspecified atom stereocenters. The molecule has 0 aromatic rings. The number of hydrogen-bond acceptors (Lipinski definition) is 0. The van der Waals surface area contributed by atoms with Gasteiger partial charge >= 0.3 is 0 Å². The topological polar surface area (TPSA) is 0 Å².